The van der Waals surface area contributed by atoms with Gasteiger partial charge in [0.2, 0.25) is 5.91 Å². The predicted molar refractivity (Wildman–Crippen MR) is 66.3 cm³/mol. The highest BCUT2D eigenvalue weighted by atomic mass is 16.5. The zero-order valence-electron chi connectivity index (χ0n) is 11.2. The standard InChI is InChI=1S/C12H24N2O3/c1-5-6-7-10(13)11(15)14(3)8-9(2)12(16)17-4/h9-10H,5-8,13H2,1-4H3. The molecule has 0 saturated heterocycles. The Morgan fingerprint density at radius 2 is 2.00 bits per heavy atom. The van der Waals surface area contributed by atoms with Crippen molar-refractivity contribution >= 4 is 11.9 Å². The summed E-state index contributed by atoms with van der Waals surface area (Å²) in [5.74, 6) is -0.756. The summed E-state index contributed by atoms with van der Waals surface area (Å²) >= 11 is 0. The van der Waals surface area contributed by atoms with Gasteiger partial charge in [-0.25, -0.2) is 0 Å². The number of hydrogen-bond acceptors (Lipinski definition) is 4. The molecular weight excluding hydrogens is 220 g/mol. The molecule has 1 amide bonds. The smallest absolute Gasteiger partial charge is 0.310 e. The minimum absolute atomic E-state index is 0.116. The highest BCUT2D eigenvalue weighted by Gasteiger charge is 2.22. The normalized spacial score (nSPS) is 13.9. The molecule has 2 N–H and O–H groups in total. The van der Waals surface area contributed by atoms with E-state index in [1.807, 2.05) is 0 Å². The maximum atomic E-state index is 11.8. The SMILES string of the molecule is CCCCC(N)C(=O)N(C)CC(C)C(=O)OC. The summed E-state index contributed by atoms with van der Waals surface area (Å²) in [5.41, 5.74) is 5.78. The predicted octanol–water partition coefficient (Wildman–Crippen LogP) is 0.771. The molecule has 2 atom stereocenters. The van der Waals surface area contributed by atoms with Crippen LogP contribution in [-0.2, 0) is 14.3 Å². The average molecular weight is 244 g/mol. The monoisotopic (exact) mass is 244 g/mol. The number of ether oxygens (including phenoxy) is 1. The number of esters is 1. The van der Waals surface area contributed by atoms with Gasteiger partial charge in [-0.3, -0.25) is 9.59 Å². The minimum atomic E-state index is -0.468. The number of unbranched alkanes of at least 4 members (excludes halogenated alkanes) is 1. The maximum absolute atomic E-state index is 11.8. The highest BCUT2D eigenvalue weighted by Crippen LogP contribution is 2.05. The molecule has 2 unspecified atom stereocenters. The number of methoxy groups -OCH3 is 1. The molecular formula is C12H24N2O3. The van der Waals surface area contributed by atoms with Gasteiger partial charge in [0.1, 0.15) is 0 Å². The Balaban J connectivity index is 4.16. The van der Waals surface area contributed by atoms with Crippen molar-refractivity contribution in [2.75, 3.05) is 20.7 Å². The molecule has 0 aromatic heterocycles. The van der Waals surface area contributed by atoms with Crippen molar-refractivity contribution in [3.63, 3.8) is 0 Å². The van der Waals surface area contributed by atoms with Gasteiger partial charge < -0.3 is 15.4 Å². The van der Waals surface area contributed by atoms with E-state index in [-0.39, 0.29) is 17.8 Å². The van der Waals surface area contributed by atoms with Gasteiger partial charge in [0.05, 0.1) is 19.1 Å². The molecule has 0 radical (unpaired) electrons. The Morgan fingerprint density at radius 1 is 1.41 bits per heavy atom. The fourth-order valence-corrected chi connectivity index (χ4v) is 1.61. The van der Waals surface area contributed by atoms with E-state index in [1.54, 1.807) is 14.0 Å². The Labute approximate surface area is 103 Å². The summed E-state index contributed by atoms with van der Waals surface area (Å²) in [7, 11) is 3.00. The van der Waals surface area contributed by atoms with E-state index < -0.39 is 6.04 Å². The first kappa shape index (κ1) is 15.9. The zero-order valence-corrected chi connectivity index (χ0v) is 11.2. The molecule has 0 fully saturated rings. The molecule has 5 nitrogen and oxygen atoms in total. The number of amides is 1. The molecule has 17 heavy (non-hydrogen) atoms. The van der Waals surface area contributed by atoms with Gasteiger partial charge in [-0.2, -0.15) is 0 Å². The van der Waals surface area contributed by atoms with Gasteiger partial charge >= 0.3 is 5.97 Å². The van der Waals surface area contributed by atoms with Crippen LogP contribution in [0, 0.1) is 5.92 Å². The molecule has 100 valence electrons. The first-order valence-electron chi connectivity index (χ1n) is 6.02. The number of nitrogens with two attached hydrogens (primary N) is 1. The van der Waals surface area contributed by atoms with Gasteiger partial charge in [0.15, 0.2) is 0 Å². The van der Waals surface area contributed by atoms with Gasteiger partial charge in [-0.1, -0.05) is 26.7 Å². The molecule has 0 bridgehead atoms. The van der Waals surface area contributed by atoms with E-state index in [0.29, 0.717) is 13.0 Å². The molecule has 0 saturated carbocycles. The van der Waals surface area contributed by atoms with Crippen LogP contribution in [0.5, 0.6) is 0 Å². The summed E-state index contributed by atoms with van der Waals surface area (Å²) in [6.07, 6.45) is 2.64. The molecule has 0 spiro atoms. The van der Waals surface area contributed by atoms with E-state index >= 15 is 0 Å². The number of carbonyl (C=O) groups excluding carboxylic acids is 2. The fourth-order valence-electron chi connectivity index (χ4n) is 1.61. The second kappa shape index (κ2) is 8.06. The largest absolute Gasteiger partial charge is 0.469 e. The van der Waals surface area contributed by atoms with Gasteiger partial charge in [-0.05, 0) is 6.42 Å². The lowest BCUT2D eigenvalue weighted by atomic mass is 10.1. The minimum Gasteiger partial charge on any atom is -0.469 e. The number of hydrogen-bond donors (Lipinski definition) is 1. The molecule has 0 aliphatic carbocycles. The zero-order chi connectivity index (χ0) is 13.4. The lowest BCUT2D eigenvalue weighted by molar-refractivity contribution is -0.146. The number of nitrogens with zero attached hydrogens (tertiary/aromatic N) is 1. The van der Waals surface area contributed by atoms with Crippen molar-refractivity contribution in [1.82, 2.24) is 4.90 Å². The Bertz CT molecular complexity index is 256. The number of likely N-dealkylation sites (N-methyl/N-ethyl adjacent to an activating group) is 1. The van der Waals surface area contributed by atoms with Gasteiger partial charge in [-0.15, -0.1) is 0 Å². The third-order valence-corrected chi connectivity index (χ3v) is 2.71. The van der Waals surface area contributed by atoms with E-state index in [1.165, 1.54) is 12.0 Å². The Hall–Kier alpha value is -1.10. The van der Waals surface area contributed by atoms with Crippen molar-refractivity contribution in [2.24, 2.45) is 11.7 Å². The topological polar surface area (TPSA) is 72.6 Å². The quantitative estimate of drug-likeness (QED) is 0.671. The van der Waals surface area contributed by atoms with Crippen LogP contribution in [0.1, 0.15) is 33.1 Å². The van der Waals surface area contributed by atoms with Crippen molar-refractivity contribution in [3.05, 3.63) is 0 Å². The molecule has 5 heteroatoms. The summed E-state index contributed by atoms with van der Waals surface area (Å²) in [5, 5.41) is 0. The van der Waals surface area contributed by atoms with E-state index in [2.05, 4.69) is 11.7 Å². The maximum Gasteiger partial charge on any atom is 0.310 e. The Kier molecular flexibility index (Phi) is 7.54. The molecule has 0 aliphatic rings. The summed E-state index contributed by atoms with van der Waals surface area (Å²) < 4.78 is 4.61. The molecule has 0 aromatic rings. The van der Waals surface area contributed by atoms with Crippen LogP contribution in [-0.4, -0.2) is 43.5 Å². The van der Waals surface area contributed by atoms with Crippen LogP contribution < -0.4 is 5.73 Å². The van der Waals surface area contributed by atoms with Crippen LogP contribution in [0.4, 0.5) is 0 Å². The molecule has 0 rings (SSSR count). The summed E-state index contributed by atoms with van der Waals surface area (Å²) in [6, 6.07) is -0.468. The van der Waals surface area contributed by atoms with Crippen LogP contribution in [0.2, 0.25) is 0 Å². The highest BCUT2D eigenvalue weighted by molar-refractivity contribution is 5.82. The molecule has 0 aromatic carbocycles. The van der Waals surface area contributed by atoms with Crippen molar-refractivity contribution in [1.29, 1.82) is 0 Å². The van der Waals surface area contributed by atoms with E-state index in [0.717, 1.165) is 12.8 Å². The lowest BCUT2D eigenvalue weighted by Crippen LogP contribution is -2.44. The fraction of sp³-hybridized carbons (Fsp3) is 0.833. The van der Waals surface area contributed by atoms with Crippen LogP contribution in [0.25, 0.3) is 0 Å². The lowest BCUT2D eigenvalue weighted by Gasteiger charge is -2.23. The first-order chi connectivity index (χ1) is 7.93. The van der Waals surface area contributed by atoms with Crippen LogP contribution in [0.15, 0.2) is 0 Å². The van der Waals surface area contributed by atoms with Gasteiger partial charge in [0, 0.05) is 13.6 Å². The number of rotatable bonds is 7. The van der Waals surface area contributed by atoms with Gasteiger partial charge in [0.25, 0.3) is 0 Å². The summed E-state index contributed by atoms with van der Waals surface area (Å²) in [6.45, 7) is 4.12. The molecule has 0 heterocycles. The summed E-state index contributed by atoms with van der Waals surface area (Å²) in [4.78, 5) is 24.6. The first-order valence-corrected chi connectivity index (χ1v) is 6.02. The van der Waals surface area contributed by atoms with Crippen molar-refractivity contribution < 1.29 is 14.3 Å². The number of carbonyl (C=O) groups is 2. The molecule has 0 aliphatic heterocycles. The average Bonchev–Trinajstić information content (AvgIpc) is 2.33. The van der Waals surface area contributed by atoms with Crippen molar-refractivity contribution in [2.45, 2.75) is 39.2 Å². The van der Waals surface area contributed by atoms with E-state index in [9.17, 15) is 9.59 Å². The van der Waals surface area contributed by atoms with E-state index in [4.69, 9.17) is 5.73 Å². The Morgan fingerprint density at radius 3 is 2.47 bits per heavy atom. The van der Waals surface area contributed by atoms with Crippen LogP contribution in [0.3, 0.4) is 0 Å². The second-order valence-electron chi connectivity index (χ2n) is 4.39. The third-order valence-electron chi connectivity index (χ3n) is 2.71. The second-order valence-corrected chi connectivity index (χ2v) is 4.39. The van der Waals surface area contributed by atoms with Crippen LogP contribution >= 0.6 is 0 Å². The van der Waals surface area contributed by atoms with Crippen molar-refractivity contribution in [3.8, 4) is 0 Å². The third kappa shape index (κ3) is 5.68.